The molecule has 0 saturated heterocycles. The molecule has 0 aliphatic heterocycles. The van der Waals surface area contributed by atoms with Gasteiger partial charge in [-0.2, -0.15) is 0 Å². The third kappa shape index (κ3) is 7.54. The van der Waals surface area contributed by atoms with E-state index >= 15 is 0 Å². The van der Waals surface area contributed by atoms with Crippen molar-refractivity contribution in [1.82, 2.24) is 4.98 Å². The molecule has 0 bridgehead atoms. The first kappa shape index (κ1) is 22.5. The first-order valence-electron chi connectivity index (χ1n) is 9.48. The fourth-order valence-corrected chi connectivity index (χ4v) is 4.38. The van der Waals surface area contributed by atoms with Crippen LogP contribution in [0.1, 0.15) is 18.2 Å². The normalized spacial score (nSPS) is 10.4. The molecule has 0 radical (unpaired) electrons. The average Bonchev–Trinajstić information content (AvgIpc) is 3.13. The van der Waals surface area contributed by atoms with E-state index in [1.54, 1.807) is 24.3 Å². The maximum atomic E-state index is 12.2. The fraction of sp³-hybridized carbons (Fsp3) is 0.182. The SMILES string of the molecule is CC(=O)Nc1cccc(NC(=O)CSc2nc(CC(=O)Nc3cccc(C)c3)cs2)c1. The smallest absolute Gasteiger partial charge is 0.234 e. The van der Waals surface area contributed by atoms with E-state index in [4.69, 9.17) is 0 Å². The van der Waals surface area contributed by atoms with Crippen molar-refractivity contribution < 1.29 is 14.4 Å². The predicted molar refractivity (Wildman–Crippen MR) is 126 cm³/mol. The quantitative estimate of drug-likeness (QED) is 0.440. The van der Waals surface area contributed by atoms with Crippen molar-refractivity contribution >= 4 is 57.9 Å². The zero-order chi connectivity index (χ0) is 22.2. The van der Waals surface area contributed by atoms with Crippen LogP contribution in [0.3, 0.4) is 0 Å². The minimum atomic E-state index is -0.182. The molecule has 1 aromatic heterocycles. The number of thiazole rings is 1. The Morgan fingerprint density at radius 1 is 0.935 bits per heavy atom. The second kappa shape index (κ2) is 10.7. The van der Waals surface area contributed by atoms with E-state index < -0.39 is 0 Å². The molecule has 0 saturated carbocycles. The lowest BCUT2D eigenvalue weighted by atomic mass is 10.2. The van der Waals surface area contributed by atoms with E-state index in [9.17, 15) is 14.4 Å². The molecule has 0 unspecified atom stereocenters. The van der Waals surface area contributed by atoms with Gasteiger partial charge in [0.2, 0.25) is 17.7 Å². The van der Waals surface area contributed by atoms with Gasteiger partial charge in [-0.3, -0.25) is 14.4 Å². The molecule has 2 aromatic carbocycles. The number of aryl methyl sites for hydroxylation is 1. The van der Waals surface area contributed by atoms with Gasteiger partial charge in [0.15, 0.2) is 4.34 Å². The van der Waals surface area contributed by atoms with Crippen molar-refractivity contribution in [3.05, 3.63) is 65.2 Å². The maximum Gasteiger partial charge on any atom is 0.234 e. The minimum Gasteiger partial charge on any atom is -0.326 e. The summed E-state index contributed by atoms with van der Waals surface area (Å²) < 4.78 is 0.723. The molecule has 0 fully saturated rings. The molecule has 31 heavy (non-hydrogen) atoms. The Bertz CT molecular complexity index is 1100. The van der Waals surface area contributed by atoms with Crippen LogP contribution >= 0.6 is 23.1 Å². The number of carbonyl (C=O) groups is 3. The largest absolute Gasteiger partial charge is 0.326 e. The van der Waals surface area contributed by atoms with Crippen molar-refractivity contribution in [2.45, 2.75) is 24.6 Å². The molecule has 0 atom stereocenters. The number of rotatable bonds is 8. The second-order valence-electron chi connectivity index (χ2n) is 6.80. The molecule has 160 valence electrons. The van der Waals surface area contributed by atoms with Crippen LogP contribution in [0, 0.1) is 6.92 Å². The Labute approximate surface area is 188 Å². The van der Waals surface area contributed by atoms with Gasteiger partial charge in [-0.15, -0.1) is 11.3 Å². The minimum absolute atomic E-state index is 0.135. The van der Waals surface area contributed by atoms with Crippen molar-refractivity contribution in [2.24, 2.45) is 0 Å². The monoisotopic (exact) mass is 454 g/mol. The van der Waals surface area contributed by atoms with E-state index in [0.29, 0.717) is 17.1 Å². The van der Waals surface area contributed by atoms with Gasteiger partial charge in [-0.25, -0.2) is 4.98 Å². The third-order valence-corrected chi connectivity index (χ3v) is 6.04. The zero-order valence-corrected chi connectivity index (χ0v) is 18.7. The van der Waals surface area contributed by atoms with Crippen LogP contribution in [-0.2, 0) is 20.8 Å². The summed E-state index contributed by atoms with van der Waals surface area (Å²) in [5.41, 5.74) is 3.72. The predicted octanol–water partition coefficient (Wildman–Crippen LogP) is 4.32. The van der Waals surface area contributed by atoms with Gasteiger partial charge in [0.1, 0.15) is 0 Å². The summed E-state index contributed by atoms with van der Waals surface area (Å²) >= 11 is 2.71. The number of benzene rings is 2. The topological polar surface area (TPSA) is 100 Å². The van der Waals surface area contributed by atoms with Crippen molar-refractivity contribution in [1.29, 1.82) is 0 Å². The van der Waals surface area contributed by atoms with Crippen molar-refractivity contribution in [3.63, 3.8) is 0 Å². The molecule has 9 heteroatoms. The van der Waals surface area contributed by atoms with E-state index in [1.807, 2.05) is 36.6 Å². The van der Waals surface area contributed by atoms with Gasteiger partial charge < -0.3 is 16.0 Å². The molecule has 0 aliphatic rings. The third-order valence-electron chi connectivity index (χ3n) is 3.97. The van der Waals surface area contributed by atoms with Crippen LogP contribution in [-0.4, -0.2) is 28.5 Å². The lowest BCUT2D eigenvalue weighted by Crippen LogP contribution is -2.15. The number of nitrogens with one attached hydrogen (secondary N) is 3. The van der Waals surface area contributed by atoms with Gasteiger partial charge in [-0.1, -0.05) is 30.0 Å². The van der Waals surface area contributed by atoms with Crippen LogP contribution in [0.4, 0.5) is 17.1 Å². The van der Waals surface area contributed by atoms with E-state index in [1.165, 1.54) is 30.0 Å². The van der Waals surface area contributed by atoms with E-state index in [2.05, 4.69) is 20.9 Å². The lowest BCUT2D eigenvalue weighted by molar-refractivity contribution is -0.116. The molecule has 3 amide bonds. The van der Waals surface area contributed by atoms with Gasteiger partial charge in [0.25, 0.3) is 0 Å². The standard InChI is InChI=1S/C22H22N4O3S2/c1-14-5-3-6-16(9-14)24-20(28)11-19-12-30-22(26-19)31-13-21(29)25-18-8-4-7-17(10-18)23-15(2)27/h3-10,12H,11,13H2,1-2H3,(H,23,27)(H,24,28)(H,25,29). The van der Waals surface area contributed by atoms with Crippen molar-refractivity contribution in [3.8, 4) is 0 Å². The molecule has 0 aliphatic carbocycles. The van der Waals surface area contributed by atoms with Crippen LogP contribution in [0.25, 0.3) is 0 Å². The van der Waals surface area contributed by atoms with Gasteiger partial charge in [0.05, 0.1) is 17.9 Å². The summed E-state index contributed by atoms with van der Waals surface area (Å²) in [7, 11) is 0. The molecule has 1 heterocycles. The molecule has 0 spiro atoms. The Morgan fingerprint density at radius 2 is 1.58 bits per heavy atom. The van der Waals surface area contributed by atoms with Gasteiger partial charge in [-0.05, 0) is 42.8 Å². The number of carbonyl (C=O) groups excluding carboxylic acids is 3. The molecule has 7 nitrogen and oxygen atoms in total. The van der Waals surface area contributed by atoms with Crippen LogP contribution < -0.4 is 16.0 Å². The van der Waals surface area contributed by atoms with Gasteiger partial charge >= 0.3 is 0 Å². The summed E-state index contributed by atoms with van der Waals surface area (Å²) in [5, 5.41) is 10.2. The number of amides is 3. The zero-order valence-electron chi connectivity index (χ0n) is 17.1. The molecule has 3 rings (SSSR count). The van der Waals surface area contributed by atoms with Crippen LogP contribution in [0.2, 0.25) is 0 Å². The fourth-order valence-electron chi connectivity index (χ4n) is 2.73. The highest BCUT2D eigenvalue weighted by molar-refractivity contribution is 8.01. The first-order valence-corrected chi connectivity index (χ1v) is 11.3. The first-order chi connectivity index (χ1) is 14.9. The second-order valence-corrected chi connectivity index (χ2v) is 8.88. The average molecular weight is 455 g/mol. The molecule has 3 aromatic rings. The summed E-state index contributed by atoms with van der Waals surface area (Å²) in [6.45, 7) is 3.39. The summed E-state index contributed by atoms with van der Waals surface area (Å²) in [6.07, 6.45) is 0.174. The Kier molecular flexibility index (Phi) is 7.80. The Hall–Kier alpha value is -3.17. The van der Waals surface area contributed by atoms with E-state index in [0.717, 1.165) is 15.6 Å². The summed E-state index contributed by atoms with van der Waals surface area (Å²) in [5.74, 6) is -0.304. The number of hydrogen-bond acceptors (Lipinski definition) is 6. The van der Waals surface area contributed by atoms with Crippen molar-refractivity contribution in [2.75, 3.05) is 21.7 Å². The highest BCUT2D eigenvalue weighted by Gasteiger charge is 2.11. The van der Waals surface area contributed by atoms with Crippen LogP contribution in [0.15, 0.2) is 58.3 Å². The Morgan fingerprint density at radius 3 is 2.29 bits per heavy atom. The van der Waals surface area contributed by atoms with E-state index in [-0.39, 0.29) is 29.9 Å². The molecular formula is C22H22N4O3S2. The van der Waals surface area contributed by atoms with Gasteiger partial charge in [0, 0.05) is 29.4 Å². The summed E-state index contributed by atoms with van der Waals surface area (Å²) in [4.78, 5) is 40.0. The van der Waals surface area contributed by atoms with Crippen LogP contribution in [0.5, 0.6) is 0 Å². The number of nitrogens with zero attached hydrogens (tertiary/aromatic N) is 1. The lowest BCUT2D eigenvalue weighted by Gasteiger charge is -2.07. The molecule has 3 N–H and O–H groups in total. The number of hydrogen-bond donors (Lipinski definition) is 3. The maximum absolute atomic E-state index is 12.2. The molecular weight excluding hydrogens is 432 g/mol. The number of thioether (sulfide) groups is 1. The summed E-state index contributed by atoms with van der Waals surface area (Å²) in [6, 6.07) is 14.6. The highest BCUT2D eigenvalue weighted by atomic mass is 32.2. The highest BCUT2D eigenvalue weighted by Crippen LogP contribution is 2.24. The number of aromatic nitrogens is 1. The Balaban J connectivity index is 1.47. The number of anilines is 3.